The Morgan fingerprint density at radius 3 is 2.16 bits per heavy atom. The lowest BCUT2D eigenvalue weighted by atomic mass is 10.0. The molecule has 0 bridgehead atoms. The minimum Gasteiger partial charge on any atom is -0.480 e. The molecule has 0 saturated heterocycles. The van der Waals surface area contributed by atoms with Crippen LogP contribution in [0.2, 0.25) is 0 Å². The number of amides is 3. The van der Waals surface area contributed by atoms with Gasteiger partial charge in [0.15, 0.2) is 0 Å². The van der Waals surface area contributed by atoms with Gasteiger partial charge in [0.25, 0.3) is 0 Å². The van der Waals surface area contributed by atoms with Crippen molar-refractivity contribution in [2.24, 2.45) is 0 Å². The van der Waals surface area contributed by atoms with Gasteiger partial charge in [0.1, 0.15) is 11.6 Å². The molecule has 0 aliphatic rings. The summed E-state index contributed by atoms with van der Waals surface area (Å²) in [5.41, 5.74) is 1.68. The SMILES string of the molecule is CC(C)(NC(=O)CCCCCCCNC(=O)CCCCCc1ccccc1)C(=O)N[C@@H](Cc1cc2ccccc2[nH]1)C(=O)O. The quantitative estimate of drug-likeness (QED) is 0.109. The number of hydrogen-bond acceptors (Lipinski definition) is 4. The van der Waals surface area contributed by atoms with Crippen LogP contribution in [-0.4, -0.2) is 51.9 Å². The predicted molar refractivity (Wildman–Crippen MR) is 173 cm³/mol. The van der Waals surface area contributed by atoms with Crippen LogP contribution >= 0.6 is 0 Å². The minimum absolute atomic E-state index is 0.0959. The molecule has 3 amide bonds. The normalized spacial score (nSPS) is 12.0. The maximum atomic E-state index is 12.9. The summed E-state index contributed by atoms with van der Waals surface area (Å²) in [4.78, 5) is 52.5. The average Bonchev–Trinajstić information content (AvgIpc) is 3.40. The second-order valence-electron chi connectivity index (χ2n) is 12.0. The highest BCUT2D eigenvalue weighted by Crippen LogP contribution is 2.16. The zero-order chi connectivity index (χ0) is 31.8. The lowest BCUT2D eigenvalue weighted by Crippen LogP contribution is -2.58. The number of para-hydroxylation sites is 1. The van der Waals surface area contributed by atoms with Crippen molar-refractivity contribution < 1.29 is 24.3 Å². The van der Waals surface area contributed by atoms with Gasteiger partial charge in [0, 0.05) is 37.0 Å². The molecule has 9 heteroatoms. The number of aryl methyl sites for hydroxylation is 1. The van der Waals surface area contributed by atoms with Gasteiger partial charge in [-0.15, -0.1) is 0 Å². The van der Waals surface area contributed by atoms with Gasteiger partial charge in [-0.3, -0.25) is 14.4 Å². The number of fused-ring (bicyclic) bond motifs is 1. The number of carboxylic acids is 1. The van der Waals surface area contributed by atoms with E-state index in [0.717, 1.165) is 62.3 Å². The van der Waals surface area contributed by atoms with Crippen LogP contribution in [0.3, 0.4) is 0 Å². The number of aliphatic carboxylic acids is 1. The summed E-state index contributed by atoms with van der Waals surface area (Å²) in [7, 11) is 0. The third kappa shape index (κ3) is 12.2. The Balaban J connectivity index is 1.22. The van der Waals surface area contributed by atoms with Crippen molar-refractivity contribution in [1.82, 2.24) is 20.9 Å². The number of carboxylic acid groups (broad SMARTS) is 1. The highest BCUT2D eigenvalue weighted by Gasteiger charge is 2.33. The molecule has 44 heavy (non-hydrogen) atoms. The standard InChI is InChI=1S/C35H48N4O5/c1-35(2,34(44)38-30(33(42)43)25-28-24-27-19-13-14-20-29(27)37-28)39-32(41)22-11-4-3-5-15-23-36-31(40)21-12-7-10-18-26-16-8-6-9-17-26/h6,8-9,13-14,16-17,19-20,24,30,37H,3-5,7,10-12,15,18,21-23,25H2,1-2H3,(H,36,40)(H,38,44)(H,39,41)(H,42,43)/t30-/m0/s1. The zero-order valence-corrected chi connectivity index (χ0v) is 26.1. The molecule has 1 atom stereocenters. The van der Waals surface area contributed by atoms with E-state index >= 15 is 0 Å². The minimum atomic E-state index is -1.26. The first-order valence-corrected chi connectivity index (χ1v) is 15.9. The van der Waals surface area contributed by atoms with Crippen LogP contribution < -0.4 is 16.0 Å². The Bertz CT molecular complexity index is 1320. The Morgan fingerprint density at radius 1 is 0.795 bits per heavy atom. The third-order valence-electron chi connectivity index (χ3n) is 7.75. The Hall–Kier alpha value is -4.14. The second kappa shape index (κ2) is 17.9. The van der Waals surface area contributed by atoms with Gasteiger partial charge in [-0.1, -0.05) is 74.2 Å². The van der Waals surface area contributed by atoms with Gasteiger partial charge in [-0.25, -0.2) is 4.79 Å². The third-order valence-corrected chi connectivity index (χ3v) is 7.75. The second-order valence-corrected chi connectivity index (χ2v) is 12.0. The maximum absolute atomic E-state index is 12.9. The van der Waals surface area contributed by atoms with Gasteiger partial charge in [-0.2, -0.15) is 0 Å². The van der Waals surface area contributed by atoms with E-state index in [1.165, 1.54) is 5.56 Å². The van der Waals surface area contributed by atoms with Crippen LogP contribution in [0.5, 0.6) is 0 Å². The van der Waals surface area contributed by atoms with Gasteiger partial charge < -0.3 is 26.0 Å². The van der Waals surface area contributed by atoms with Gasteiger partial charge in [0.05, 0.1) is 0 Å². The van der Waals surface area contributed by atoms with E-state index in [4.69, 9.17) is 0 Å². The average molecular weight is 605 g/mol. The molecule has 5 N–H and O–H groups in total. The summed E-state index contributed by atoms with van der Waals surface area (Å²) >= 11 is 0. The molecule has 3 aromatic rings. The zero-order valence-electron chi connectivity index (χ0n) is 26.1. The molecule has 0 fully saturated rings. The van der Waals surface area contributed by atoms with Gasteiger partial charge in [-0.05, 0) is 69.0 Å². The molecule has 0 spiro atoms. The Kier molecular flexibility index (Phi) is 13.9. The van der Waals surface area contributed by atoms with Crippen LogP contribution in [0.1, 0.15) is 89.3 Å². The molecular weight excluding hydrogens is 556 g/mol. The van der Waals surface area contributed by atoms with E-state index in [1.807, 2.05) is 36.4 Å². The number of H-pyrrole nitrogens is 1. The highest BCUT2D eigenvalue weighted by atomic mass is 16.4. The van der Waals surface area contributed by atoms with Crippen molar-refractivity contribution in [2.45, 2.75) is 102 Å². The van der Waals surface area contributed by atoms with Crippen molar-refractivity contribution in [3.8, 4) is 0 Å². The number of aromatic nitrogens is 1. The molecule has 1 heterocycles. The number of rotatable bonds is 20. The van der Waals surface area contributed by atoms with Gasteiger partial charge in [0.2, 0.25) is 17.7 Å². The van der Waals surface area contributed by atoms with Crippen molar-refractivity contribution in [1.29, 1.82) is 0 Å². The Labute approximate surface area is 260 Å². The lowest BCUT2D eigenvalue weighted by molar-refractivity contribution is -0.143. The lowest BCUT2D eigenvalue weighted by Gasteiger charge is -2.27. The van der Waals surface area contributed by atoms with E-state index in [0.29, 0.717) is 25.1 Å². The molecule has 1 aromatic heterocycles. The predicted octanol–water partition coefficient (Wildman–Crippen LogP) is 5.43. The molecule has 0 aliphatic heterocycles. The van der Waals surface area contributed by atoms with Crippen molar-refractivity contribution >= 4 is 34.6 Å². The van der Waals surface area contributed by atoms with E-state index < -0.39 is 23.5 Å². The fraction of sp³-hybridized carbons (Fsp3) is 0.486. The number of hydrogen-bond donors (Lipinski definition) is 5. The highest BCUT2D eigenvalue weighted by molar-refractivity contribution is 5.93. The number of nitrogens with one attached hydrogen (secondary N) is 4. The smallest absolute Gasteiger partial charge is 0.326 e. The van der Waals surface area contributed by atoms with Gasteiger partial charge >= 0.3 is 5.97 Å². The summed E-state index contributed by atoms with van der Waals surface area (Å²) in [5, 5.41) is 19.0. The molecule has 0 aliphatic carbocycles. The van der Waals surface area contributed by atoms with Crippen molar-refractivity contribution in [2.75, 3.05) is 6.54 Å². The number of benzene rings is 2. The topological polar surface area (TPSA) is 140 Å². The van der Waals surface area contributed by atoms with Crippen LogP contribution in [0.25, 0.3) is 10.9 Å². The van der Waals surface area contributed by atoms with Crippen LogP contribution in [0, 0.1) is 0 Å². The number of carbonyl (C=O) groups excluding carboxylic acids is 3. The molecule has 0 unspecified atom stereocenters. The largest absolute Gasteiger partial charge is 0.480 e. The first-order valence-electron chi connectivity index (χ1n) is 15.9. The monoisotopic (exact) mass is 604 g/mol. The Morgan fingerprint density at radius 2 is 1.43 bits per heavy atom. The molecule has 3 rings (SSSR count). The molecule has 0 saturated carbocycles. The van der Waals surface area contributed by atoms with Crippen molar-refractivity contribution in [3.63, 3.8) is 0 Å². The fourth-order valence-electron chi connectivity index (χ4n) is 5.16. The first-order chi connectivity index (χ1) is 21.1. The summed E-state index contributed by atoms with van der Waals surface area (Å²) in [5.74, 6) is -1.83. The molecule has 9 nitrogen and oxygen atoms in total. The van der Waals surface area contributed by atoms with Crippen LogP contribution in [-0.2, 0) is 32.0 Å². The fourth-order valence-corrected chi connectivity index (χ4v) is 5.16. The van der Waals surface area contributed by atoms with E-state index in [2.05, 4.69) is 45.2 Å². The summed E-state index contributed by atoms with van der Waals surface area (Å²) in [6.45, 7) is 3.81. The number of carbonyl (C=O) groups is 4. The van der Waals surface area contributed by atoms with E-state index in [1.54, 1.807) is 13.8 Å². The molecule has 0 radical (unpaired) electrons. The van der Waals surface area contributed by atoms with Crippen molar-refractivity contribution in [3.05, 3.63) is 71.9 Å². The number of unbranched alkanes of at least 4 members (excludes halogenated alkanes) is 6. The molecule has 238 valence electrons. The molecular formula is C35H48N4O5. The summed E-state index contributed by atoms with van der Waals surface area (Å²) < 4.78 is 0. The number of aromatic amines is 1. The summed E-state index contributed by atoms with van der Waals surface area (Å²) in [6.07, 6.45) is 9.46. The maximum Gasteiger partial charge on any atom is 0.326 e. The summed E-state index contributed by atoms with van der Waals surface area (Å²) in [6, 6.07) is 18.8. The van der Waals surface area contributed by atoms with Crippen LogP contribution in [0.4, 0.5) is 0 Å². The van der Waals surface area contributed by atoms with E-state index in [9.17, 15) is 24.3 Å². The first kappa shape index (κ1) is 34.4. The van der Waals surface area contributed by atoms with Crippen LogP contribution in [0.15, 0.2) is 60.7 Å². The van der Waals surface area contributed by atoms with E-state index in [-0.39, 0.29) is 24.7 Å². The molecule has 2 aromatic carbocycles.